The van der Waals surface area contributed by atoms with Crippen LogP contribution in [0.5, 0.6) is 0 Å². The van der Waals surface area contributed by atoms with Crippen LogP contribution in [-0.4, -0.2) is 12.6 Å². The fraction of sp³-hybridized carbons (Fsp3) is 0.714. The molecule has 0 bridgehead atoms. The van der Waals surface area contributed by atoms with Crippen molar-refractivity contribution in [1.29, 1.82) is 0 Å². The predicted octanol–water partition coefficient (Wildman–Crippen LogP) is 1.88. The molecule has 0 radical (unpaired) electrons. The Balaban J connectivity index is 2.03. The highest BCUT2D eigenvalue weighted by Crippen LogP contribution is 2.18. The Hall–Kier alpha value is -0.0100. The van der Waals surface area contributed by atoms with Crippen molar-refractivity contribution in [3.05, 3.63) is 11.1 Å². The highest BCUT2D eigenvalue weighted by Gasteiger charge is 2.19. The lowest BCUT2D eigenvalue weighted by molar-refractivity contribution is 0.734. The van der Waals surface area contributed by atoms with Gasteiger partial charge in [-0.25, -0.2) is 0 Å². The van der Waals surface area contributed by atoms with E-state index in [1.807, 2.05) is 6.92 Å². The molecule has 1 aliphatic rings. The fourth-order valence-corrected chi connectivity index (χ4v) is 0.709. The SMILES string of the molecule is CC(=CCl)CNC1CC1. The summed E-state index contributed by atoms with van der Waals surface area (Å²) in [7, 11) is 0. The van der Waals surface area contributed by atoms with Crippen LogP contribution in [0.1, 0.15) is 19.8 Å². The Kier molecular flexibility index (Phi) is 2.55. The van der Waals surface area contributed by atoms with E-state index >= 15 is 0 Å². The summed E-state index contributed by atoms with van der Waals surface area (Å²) in [5, 5.41) is 3.35. The number of halogens is 1. The van der Waals surface area contributed by atoms with Crippen molar-refractivity contribution in [3.8, 4) is 0 Å². The van der Waals surface area contributed by atoms with E-state index in [4.69, 9.17) is 11.6 Å². The maximum Gasteiger partial charge on any atom is 0.0176 e. The molecule has 1 fully saturated rings. The van der Waals surface area contributed by atoms with Crippen LogP contribution in [0.4, 0.5) is 0 Å². The second-order valence-electron chi connectivity index (χ2n) is 2.61. The zero-order valence-electron chi connectivity index (χ0n) is 5.65. The van der Waals surface area contributed by atoms with Crippen LogP contribution in [0.15, 0.2) is 11.1 Å². The summed E-state index contributed by atoms with van der Waals surface area (Å²) in [5.74, 6) is 0. The van der Waals surface area contributed by atoms with Crippen molar-refractivity contribution in [2.45, 2.75) is 25.8 Å². The van der Waals surface area contributed by atoms with Crippen LogP contribution in [0.3, 0.4) is 0 Å². The zero-order chi connectivity index (χ0) is 6.69. The molecule has 1 saturated carbocycles. The van der Waals surface area contributed by atoms with E-state index in [1.54, 1.807) is 5.54 Å². The van der Waals surface area contributed by atoms with Crippen LogP contribution in [0.25, 0.3) is 0 Å². The monoisotopic (exact) mass is 145 g/mol. The maximum absolute atomic E-state index is 5.45. The average molecular weight is 146 g/mol. The minimum atomic E-state index is 0.788. The molecule has 0 spiro atoms. The standard InChI is InChI=1S/C7H12ClN/c1-6(4-8)5-9-7-2-3-7/h4,7,9H,2-3,5H2,1H3. The molecule has 1 aliphatic carbocycles. The van der Waals surface area contributed by atoms with Gasteiger partial charge in [-0.05, 0) is 25.3 Å². The minimum Gasteiger partial charge on any atom is -0.310 e. The Bertz CT molecular complexity index is 116. The lowest BCUT2D eigenvalue weighted by Crippen LogP contribution is -2.17. The predicted molar refractivity (Wildman–Crippen MR) is 40.6 cm³/mol. The third-order valence-electron chi connectivity index (χ3n) is 1.43. The van der Waals surface area contributed by atoms with Gasteiger partial charge in [0.15, 0.2) is 0 Å². The zero-order valence-corrected chi connectivity index (χ0v) is 6.41. The molecule has 0 aromatic heterocycles. The van der Waals surface area contributed by atoms with Crippen molar-refractivity contribution < 1.29 is 0 Å². The second kappa shape index (κ2) is 3.23. The Labute approximate surface area is 61.1 Å². The van der Waals surface area contributed by atoms with Gasteiger partial charge in [0.05, 0.1) is 0 Å². The number of hydrogen-bond acceptors (Lipinski definition) is 1. The van der Waals surface area contributed by atoms with Crippen molar-refractivity contribution in [2.75, 3.05) is 6.54 Å². The largest absolute Gasteiger partial charge is 0.310 e. The van der Waals surface area contributed by atoms with E-state index < -0.39 is 0 Å². The summed E-state index contributed by atoms with van der Waals surface area (Å²) in [6, 6.07) is 0.788. The summed E-state index contributed by atoms with van der Waals surface area (Å²) < 4.78 is 0. The van der Waals surface area contributed by atoms with Crippen molar-refractivity contribution in [1.82, 2.24) is 5.32 Å². The summed E-state index contributed by atoms with van der Waals surface area (Å²) >= 11 is 5.45. The van der Waals surface area contributed by atoms with Crippen LogP contribution in [0.2, 0.25) is 0 Å². The Morgan fingerprint density at radius 1 is 1.78 bits per heavy atom. The van der Waals surface area contributed by atoms with Gasteiger partial charge in [-0.1, -0.05) is 11.6 Å². The van der Waals surface area contributed by atoms with E-state index in [1.165, 1.54) is 18.4 Å². The first kappa shape index (κ1) is 7.10. The van der Waals surface area contributed by atoms with Gasteiger partial charge >= 0.3 is 0 Å². The third-order valence-corrected chi connectivity index (χ3v) is 1.81. The van der Waals surface area contributed by atoms with Gasteiger partial charge < -0.3 is 5.32 Å². The third kappa shape index (κ3) is 2.87. The highest BCUT2D eigenvalue weighted by molar-refractivity contribution is 6.25. The molecule has 0 atom stereocenters. The summed E-state index contributed by atoms with van der Waals surface area (Å²) in [6.07, 6.45) is 2.69. The minimum absolute atomic E-state index is 0.788. The molecule has 0 amide bonds. The summed E-state index contributed by atoms with van der Waals surface area (Å²) in [6.45, 7) is 2.98. The number of hydrogen-bond donors (Lipinski definition) is 1. The van der Waals surface area contributed by atoms with Crippen molar-refractivity contribution in [2.24, 2.45) is 0 Å². The Morgan fingerprint density at radius 2 is 2.44 bits per heavy atom. The molecular formula is C7H12ClN. The van der Waals surface area contributed by atoms with Gasteiger partial charge in [0.2, 0.25) is 0 Å². The fourth-order valence-electron chi connectivity index (χ4n) is 0.631. The van der Waals surface area contributed by atoms with Gasteiger partial charge in [0.25, 0.3) is 0 Å². The molecule has 0 aromatic rings. The molecule has 1 N–H and O–H groups in total. The van der Waals surface area contributed by atoms with E-state index in [-0.39, 0.29) is 0 Å². The molecular weight excluding hydrogens is 134 g/mol. The molecule has 0 saturated heterocycles. The molecule has 1 nitrogen and oxygen atoms in total. The van der Waals surface area contributed by atoms with Gasteiger partial charge in [-0.15, -0.1) is 0 Å². The maximum atomic E-state index is 5.45. The molecule has 9 heavy (non-hydrogen) atoms. The summed E-state index contributed by atoms with van der Waals surface area (Å²) in [4.78, 5) is 0. The lowest BCUT2D eigenvalue weighted by Gasteiger charge is -1.99. The van der Waals surface area contributed by atoms with Crippen LogP contribution in [0, 0.1) is 0 Å². The topological polar surface area (TPSA) is 12.0 Å². The van der Waals surface area contributed by atoms with Crippen LogP contribution >= 0.6 is 11.6 Å². The van der Waals surface area contributed by atoms with Crippen LogP contribution in [-0.2, 0) is 0 Å². The van der Waals surface area contributed by atoms with Gasteiger partial charge in [0, 0.05) is 18.1 Å². The first-order valence-electron chi connectivity index (χ1n) is 3.32. The lowest BCUT2D eigenvalue weighted by atomic mass is 10.3. The smallest absolute Gasteiger partial charge is 0.0176 e. The highest BCUT2D eigenvalue weighted by atomic mass is 35.5. The molecule has 0 heterocycles. The molecule has 0 aromatic carbocycles. The van der Waals surface area contributed by atoms with E-state index in [0.29, 0.717) is 0 Å². The quantitative estimate of drug-likeness (QED) is 0.640. The van der Waals surface area contributed by atoms with E-state index in [0.717, 1.165) is 12.6 Å². The van der Waals surface area contributed by atoms with Gasteiger partial charge in [-0.2, -0.15) is 0 Å². The molecule has 0 unspecified atom stereocenters. The number of rotatable bonds is 3. The van der Waals surface area contributed by atoms with Crippen LogP contribution < -0.4 is 5.32 Å². The number of nitrogens with one attached hydrogen (secondary N) is 1. The molecule has 0 aliphatic heterocycles. The summed E-state index contributed by atoms with van der Waals surface area (Å²) in [5.41, 5.74) is 2.85. The Morgan fingerprint density at radius 3 is 2.89 bits per heavy atom. The van der Waals surface area contributed by atoms with Crippen molar-refractivity contribution >= 4 is 11.6 Å². The second-order valence-corrected chi connectivity index (χ2v) is 2.83. The first-order chi connectivity index (χ1) is 4.33. The normalized spacial score (nSPS) is 20.4. The van der Waals surface area contributed by atoms with Gasteiger partial charge in [0.1, 0.15) is 0 Å². The average Bonchev–Trinajstić information content (AvgIpc) is 2.65. The first-order valence-corrected chi connectivity index (χ1v) is 3.76. The van der Waals surface area contributed by atoms with E-state index in [2.05, 4.69) is 5.32 Å². The molecule has 2 heteroatoms. The van der Waals surface area contributed by atoms with Crippen molar-refractivity contribution in [3.63, 3.8) is 0 Å². The molecule has 1 rings (SSSR count). The van der Waals surface area contributed by atoms with Gasteiger partial charge in [-0.3, -0.25) is 0 Å². The van der Waals surface area contributed by atoms with E-state index in [9.17, 15) is 0 Å². The molecule has 52 valence electrons.